The topological polar surface area (TPSA) is 46.8 Å². The molecule has 0 amide bonds. The van der Waals surface area contributed by atoms with Crippen LogP contribution in [0.3, 0.4) is 0 Å². The molecule has 8 rings (SSSR count). The van der Waals surface area contributed by atoms with E-state index in [2.05, 4.69) is 99.4 Å². The Balaban J connectivity index is 1.34. The molecule has 0 atom stereocenters. The Labute approximate surface area is 204 Å². The van der Waals surface area contributed by atoms with E-state index < -0.39 is 0 Å². The fourth-order valence-electron chi connectivity index (χ4n) is 5.19. The van der Waals surface area contributed by atoms with E-state index in [9.17, 15) is 0 Å². The van der Waals surface area contributed by atoms with E-state index in [4.69, 9.17) is 9.97 Å². The van der Waals surface area contributed by atoms with Crippen LogP contribution in [0.2, 0.25) is 0 Å². The third-order valence-corrected chi connectivity index (χ3v) is 7.73. The quantitative estimate of drug-likeness (QED) is 0.262. The van der Waals surface area contributed by atoms with E-state index in [1.54, 1.807) is 17.5 Å². The van der Waals surface area contributed by atoms with Gasteiger partial charge in [0.25, 0.3) is 0 Å². The first-order valence-corrected chi connectivity index (χ1v) is 12.3. The second-order valence-electron chi connectivity index (χ2n) is 8.60. The van der Waals surface area contributed by atoms with Crippen molar-refractivity contribution in [2.45, 2.75) is 0 Å². The molecule has 5 nitrogen and oxygen atoms in total. The highest BCUT2D eigenvalue weighted by Gasteiger charge is 2.28. The van der Waals surface area contributed by atoms with E-state index in [-0.39, 0.29) is 0 Å². The SMILES string of the molecule is c1ccc2c(c1)N(c1ccc(-c3nc4ncccc4s3)cn1)c1cccc3c4ccccc4n-2c13. The van der Waals surface area contributed by atoms with Crippen LogP contribution in [-0.2, 0) is 0 Å². The summed E-state index contributed by atoms with van der Waals surface area (Å²) in [5.41, 5.74) is 7.58. The zero-order valence-electron chi connectivity index (χ0n) is 18.5. The molecule has 6 heteroatoms. The van der Waals surface area contributed by atoms with Gasteiger partial charge in [-0.3, -0.25) is 4.90 Å². The number of hydrogen-bond acceptors (Lipinski definition) is 5. The number of anilines is 3. The fourth-order valence-corrected chi connectivity index (χ4v) is 6.10. The van der Waals surface area contributed by atoms with Gasteiger partial charge in [0, 0.05) is 28.7 Å². The molecule has 4 aromatic heterocycles. The Morgan fingerprint density at radius 2 is 1.49 bits per heavy atom. The van der Waals surface area contributed by atoms with Gasteiger partial charge in [-0.25, -0.2) is 15.0 Å². The third-order valence-electron chi connectivity index (χ3n) is 6.67. The first kappa shape index (κ1) is 18.8. The van der Waals surface area contributed by atoms with E-state index in [1.807, 2.05) is 12.3 Å². The summed E-state index contributed by atoms with van der Waals surface area (Å²) in [6.07, 6.45) is 3.70. The van der Waals surface area contributed by atoms with E-state index in [1.165, 1.54) is 21.8 Å². The molecule has 3 aromatic carbocycles. The maximum atomic E-state index is 4.92. The first-order chi connectivity index (χ1) is 17.4. The minimum atomic E-state index is 0.779. The lowest BCUT2D eigenvalue weighted by Gasteiger charge is -2.32. The van der Waals surface area contributed by atoms with Crippen molar-refractivity contribution in [3.63, 3.8) is 0 Å². The largest absolute Gasteiger partial charge is 0.305 e. The van der Waals surface area contributed by atoms with Gasteiger partial charge in [0.1, 0.15) is 10.8 Å². The Hall–Kier alpha value is -4.55. The summed E-state index contributed by atoms with van der Waals surface area (Å²) in [6, 6.07) is 31.9. The average Bonchev–Trinajstić information content (AvgIpc) is 3.50. The van der Waals surface area contributed by atoms with Crippen LogP contribution in [0.1, 0.15) is 0 Å². The molecule has 0 bridgehead atoms. The normalized spacial score (nSPS) is 12.5. The van der Waals surface area contributed by atoms with E-state index in [0.717, 1.165) is 43.8 Å². The van der Waals surface area contributed by atoms with Crippen molar-refractivity contribution in [1.29, 1.82) is 0 Å². The van der Waals surface area contributed by atoms with Crippen LogP contribution in [0, 0.1) is 0 Å². The summed E-state index contributed by atoms with van der Waals surface area (Å²) in [5.74, 6) is 0.879. The van der Waals surface area contributed by atoms with Gasteiger partial charge < -0.3 is 4.57 Å². The van der Waals surface area contributed by atoms with Crippen LogP contribution in [0.15, 0.2) is 103 Å². The molecule has 0 N–H and O–H groups in total. The van der Waals surface area contributed by atoms with Crippen LogP contribution in [0.4, 0.5) is 17.2 Å². The standard InChI is InChI=1S/C29H17N5S/c1-2-9-21-19(7-1)20-8-5-12-24-27(20)34(21)23-11-4-3-10-22(23)33(24)26-15-14-18(17-31-26)29-32-28-25(35-29)13-6-16-30-28/h1-17H. The van der Waals surface area contributed by atoms with Crippen molar-refractivity contribution in [2.24, 2.45) is 0 Å². The summed E-state index contributed by atoms with van der Waals surface area (Å²) >= 11 is 1.64. The minimum Gasteiger partial charge on any atom is -0.305 e. The summed E-state index contributed by atoms with van der Waals surface area (Å²) in [6.45, 7) is 0. The maximum absolute atomic E-state index is 4.92. The number of rotatable bonds is 2. The predicted octanol–water partition coefficient (Wildman–Crippen LogP) is 7.63. The zero-order valence-corrected chi connectivity index (χ0v) is 19.3. The summed E-state index contributed by atoms with van der Waals surface area (Å²) < 4.78 is 3.46. The number of fused-ring (bicyclic) bond motifs is 6. The van der Waals surface area contributed by atoms with Gasteiger partial charge in [0.05, 0.1) is 32.8 Å². The lowest BCUT2D eigenvalue weighted by atomic mass is 10.1. The number of thiazole rings is 1. The summed E-state index contributed by atoms with van der Waals surface area (Å²) in [5, 5.41) is 3.43. The molecule has 0 radical (unpaired) electrons. The van der Waals surface area contributed by atoms with Gasteiger partial charge >= 0.3 is 0 Å². The lowest BCUT2D eigenvalue weighted by molar-refractivity contribution is 1.09. The lowest BCUT2D eigenvalue weighted by Crippen LogP contribution is -2.18. The molecule has 0 saturated heterocycles. The van der Waals surface area contributed by atoms with Crippen molar-refractivity contribution in [3.8, 4) is 16.3 Å². The number of nitrogens with zero attached hydrogens (tertiary/aromatic N) is 5. The molecule has 1 aliphatic heterocycles. The van der Waals surface area contributed by atoms with E-state index >= 15 is 0 Å². The van der Waals surface area contributed by atoms with Crippen LogP contribution in [-0.4, -0.2) is 19.5 Å². The van der Waals surface area contributed by atoms with Gasteiger partial charge in [-0.05, 0) is 48.5 Å². The predicted molar refractivity (Wildman–Crippen MR) is 143 cm³/mol. The van der Waals surface area contributed by atoms with Crippen LogP contribution < -0.4 is 4.90 Å². The molecule has 1 aliphatic rings. The Morgan fingerprint density at radius 3 is 2.37 bits per heavy atom. The van der Waals surface area contributed by atoms with Crippen molar-refractivity contribution in [2.75, 3.05) is 4.90 Å². The highest BCUT2D eigenvalue weighted by atomic mass is 32.1. The van der Waals surface area contributed by atoms with Crippen LogP contribution >= 0.6 is 11.3 Å². The molecule has 5 heterocycles. The molecule has 7 aromatic rings. The summed E-state index contributed by atoms with van der Waals surface area (Å²) in [4.78, 5) is 16.3. The molecule has 35 heavy (non-hydrogen) atoms. The monoisotopic (exact) mass is 467 g/mol. The number of benzene rings is 3. The Bertz CT molecular complexity index is 1880. The smallest absolute Gasteiger partial charge is 0.170 e. The first-order valence-electron chi connectivity index (χ1n) is 11.5. The molecule has 164 valence electrons. The second kappa shape index (κ2) is 6.98. The Kier molecular flexibility index (Phi) is 3.75. The molecule has 0 saturated carbocycles. The molecular formula is C29H17N5S. The van der Waals surface area contributed by atoms with Crippen molar-refractivity contribution in [1.82, 2.24) is 19.5 Å². The van der Waals surface area contributed by atoms with Gasteiger partial charge in [0.2, 0.25) is 0 Å². The Morgan fingerprint density at radius 1 is 0.657 bits per heavy atom. The molecular weight excluding hydrogens is 450 g/mol. The van der Waals surface area contributed by atoms with Gasteiger partial charge in [-0.1, -0.05) is 42.5 Å². The minimum absolute atomic E-state index is 0.779. The van der Waals surface area contributed by atoms with Crippen molar-refractivity contribution in [3.05, 3.63) is 103 Å². The second-order valence-corrected chi connectivity index (χ2v) is 9.63. The number of pyridine rings is 2. The number of aromatic nitrogens is 4. The average molecular weight is 468 g/mol. The number of hydrogen-bond donors (Lipinski definition) is 0. The van der Waals surface area contributed by atoms with Gasteiger partial charge in [0.15, 0.2) is 5.65 Å². The zero-order chi connectivity index (χ0) is 22.9. The van der Waals surface area contributed by atoms with Crippen molar-refractivity contribution >= 4 is 60.7 Å². The van der Waals surface area contributed by atoms with Gasteiger partial charge in [-0.2, -0.15) is 0 Å². The van der Waals surface area contributed by atoms with Gasteiger partial charge in [-0.15, -0.1) is 11.3 Å². The summed E-state index contributed by atoms with van der Waals surface area (Å²) in [7, 11) is 0. The maximum Gasteiger partial charge on any atom is 0.170 e. The number of para-hydroxylation sites is 4. The van der Waals surface area contributed by atoms with Crippen molar-refractivity contribution < 1.29 is 0 Å². The third kappa shape index (κ3) is 2.60. The molecule has 0 spiro atoms. The van der Waals surface area contributed by atoms with Crippen LogP contribution in [0.25, 0.3) is 48.4 Å². The molecule has 0 fully saturated rings. The molecule has 0 aliphatic carbocycles. The highest BCUT2D eigenvalue weighted by molar-refractivity contribution is 7.21. The van der Waals surface area contributed by atoms with E-state index in [0.29, 0.717) is 0 Å². The molecule has 0 unspecified atom stereocenters. The highest BCUT2D eigenvalue weighted by Crippen LogP contribution is 2.49. The fraction of sp³-hybridized carbons (Fsp3) is 0. The van der Waals surface area contributed by atoms with Crippen LogP contribution in [0.5, 0.6) is 0 Å².